The second-order valence-corrected chi connectivity index (χ2v) is 5.09. The van der Waals surface area contributed by atoms with Crippen molar-refractivity contribution in [2.75, 3.05) is 19.7 Å². The standard InChI is InChI=1S/C17H22N2O4/c20-14(13-23-15-5-2-1-3-6-15)11-18-9-8-17(21)19-12-16-7-4-10-22-16/h1-7,10,14,18,20H,8-9,11-13H2,(H,19,21). The molecule has 0 saturated carbocycles. The molecule has 1 unspecified atom stereocenters. The Morgan fingerprint density at radius 2 is 2.04 bits per heavy atom. The number of carbonyl (C=O) groups excluding carboxylic acids is 1. The van der Waals surface area contributed by atoms with Crippen LogP contribution in [-0.2, 0) is 11.3 Å². The molecule has 0 bridgehead atoms. The fraction of sp³-hybridized carbons (Fsp3) is 0.353. The Labute approximate surface area is 135 Å². The molecule has 1 aromatic heterocycles. The number of aliphatic hydroxyl groups is 1. The van der Waals surface area contributed by atoms with Gasteiger partial charge in [0.05, 0.1) is 12.8 Å². The van der Waals surface area contributed by atoms with Crippen molar-refractivity contribution in [3.8, 4) is 5.75 Å². The van der Waals surface area contributed by atoms with E-state index in [9.17, 15) is 9.90 Å². The van der Waals surface area contributed by atoms with Crippen molar-refractivity contribution in [1.82, 2.24) is 10.6 Å². The molecule has 0 radical (unpaired) electrons. The van der Waals surface area contributed by atoms with Crippen molar-refractivity contribution in [2.45, 2.75) is 19.1 Å². The third kappa shape index (κ3) is 6.99. The number of hydrogen-bond donors (Lipinski definition) is 3. The van der Waals surface area contributed by atoms with E-state index in [2.05, 4.69) is 10.6 Å². The van der Waals surface area contributed by atoms with Crippen LogP contribution < -0.4 is 15.4 Å². The van der Waals surface area contributed by atoms with Crippen LogP contribution in [0.1, 0.15) is 12.2 Å². The first-order valence-corrected chi connectivity index (χ1v) is 7.60. The summed E-state index contributed by atoms with van der Waals surface area (Å²) in [5.41, 5.74) is 0. The summed E-state index contributed by atoms with van der Waals surface area (Å²) < 4.78 is 10.6. The molecular formula is C17H22N2O4. The van der Waals surface area contributed by atoms with E-state index in [1.165, 1.54) is 0 Å². The lowest BCUT2D eigenvalue weighted by Crippen LogP contribution is -2.34. The summed E-state index contributed by atoms with van der Waals surface area (Å²) in [5, 5.41) is 15.6. The number of carbonyl (C=O) groups is 1. The van der Waals surface area contributed by atoms with Gasteiger partial charge in [0.15, 0.2) is 0 Å². The van der Waals surface area contributed by atoms with Crippen LogP contribution in [0, 0.1) is 0 Å². The Hall–Kier alpha value is -2.31. The molecule has 6 heteroatoms. The minimum Gasteiger partial charge on any atom is -0.491 e. The molecule has 124 valence electrons. The average molecular weight is 318 g/mol. The molecule has 1 aromatic carbocycles. The molecule has 2 rings (SSSR count). The van der Waals surface area contributed by atoms with Crippen LogP contribution in [0.3, 0.4) is 0 Å². The predicted octanol–water partition coefficient (Wildman–Crippen LogP) is 1.32. The first-order valence-electron chi connectivity index (χ1n) is 7.60. The minimum absolute atomic E-state index is 0.0658. The van der Waals surface area contributed by atoms with Gasteiger partial charge in [-0.1, -0.05) is 18.2 Å². The van der Waals surface area contributed by atoms with Crippen molar-refractivity contribution in [2.24, 2.45) is 0 Å². The second kappa shape index (κ2) is 9.66. The lowest BCUT2D eigenvalue weighted by atomic mass is 10.3. The van der Waals surface area contributed by atoms with Crippen LogP contribution in [0.5, 0.6) is 5.75 Å². The van der Waals surface area contributed by atoms with E-state index in [-0.39, 0.29) is 12.5 Å². The van der Waals surface area contributed by atoms with Crippen molar-refractivity contribution < 1.29 is 19.1 Å². The zero-order valence-electron chi connectivity index (χ0n) is 12.9. The molecule has 1 amide bonds. The van der Waals surface area contributed by atoms with Crippen LogP contribution >= 0.6 is 0 Å². The smallest absolute Gasteiger partial charge is 0.221 e. The summed E-state index contributed by atoms with van der Waals surface area (Å²) >= 11 is 0. The largest absolute Gasteiger partial charge is 0.491 e. The maximum atomic E-state index is 11.6. The zero-order chi connectivity index (χ0) is 16.3. The SMILES string of the molecule is O=C(CCNCC(O)COc1ccccc1)NCc1ccco1. The summed E-state index contributed by atoms with van der Waals surface area (Å²) in [5.74, 6) is 1.38. The van der Waals surface area contributed by atoms with Crippen molar-refractivity contribution in [1.29, 1.82) is 0 Å². The molecule has 0 spiro atoms. The molecule has 0 saturated heterocycles. The highest BCUT2D eigenvalue weighted by atomic mass is 16.5. The summed E-state index contributed by atoms with van der Waals surface area (Å²) in [6, 6.07) is 12.9. The first-order chi connectivity index (χ1) is 11.2. The Bertz CT molecular complexity index is 557. The third-order valence-corrected chi connectivity index (χ3v) is 3.13. The van der Waals surface area contributed by atoms with E-state index in [4.69, 9.17) is 9.15 Å². The number of ether oxygens (including phenoxy) is 1. The van der Waals surface area contributed by atoms with Crippen LogP contribution in [0.2, 0.25) is 0 Å². The molecule has 3 N–H and O–H groups in total. The first kappa shape index (κ1) is 17.1. The summed E-state index contributed by atoms with van der Waals surface area (Å²) in [6.45, 7) is 1.46. The molecular weight excluding hydrogens is 296 g/mol. The van der Waals surface area contributed by atoms with E-state index in [0.717, 1.165) is 11.5 Å². The topological polar surface area (TPSA) is 83.7 Å². The van der Waals surface area contributed by atoms with E-state index in [0.29, 0.717) is 26.1 Å². The Kier molecular flexibility index (Phi) is 7.16. The van der Waals surface area contributed by atoms with Crippen LogP contribution in [0.15, 0.2) is 53.1 Å². The van der Waals surface area contributed by atoms with Crippen LogP contribution in [-0.4, -0.2) is 36.8 Å². The molecule has 0 fully saturated rings. The number of amides is 1. The highest BCUT2D eigenvalue weighted by molar-refractivity contribution is 5.75. The van der Waals surface area contributed by atoms with E-state index in [1.54, 1.807) is 12.3 Å². The van der Waals surface area contributed by atoms with Gasteiger partial charge in [0.2, 0.25) is 5.91 Å². The van der Waals surface area contributed by atoms with Gasteiger partial charge in [-0.15, -0.1) is 0 Å². The molecule has 1 atom stereocenters. The van der Waals surface area contributed by atoms with Crippen LogP contribution in [0.25, 0.3) is 0 Å². The lowest BCUT2D eigenvalue weighted by Gasteiger charge is -2.13. The van der Waals surface area contributed by atoms with Crippen molar-refractivity contribution in [3.63, 3.8) is 0 Å². The van der Waals surface area contributed by atoms with Gasteiger partial charge in [-0.2, -0.15) is 0 Å². The van der Waals surface area contributed by atoms with Gasteiger partial charge in [-0.05, 0) is 24.3 Å². The quantitative estimate of drug-likeness (QED) is 0.575. The Balaban J connectivity index is 1.50. The minimum atomic E-state index is -0.624. The normalized spacial score (nSPS) is 11.9. The van der Waals surface area contributed by atoms with Gasteiger partial charge in [0, 0.05) is 19.5 Å². The van der Waals surface area contributed by atoms with Crippen LogP contribution in [0.4, 0.5) is 0 Å². The second-order valence-electron chi connectivity index (χ2n) is 5.09. The highest BCUT2D eigenvalue weighted by Gasteiger charge is 2.06. The van der Waals surface area contributed by atoms with Gasteiger partial charge in [-0.3, -0.25) is 4.79 Å². The number of hydrogen-bond acceptors (Lipinski definition) is 5. The number of rotatable bonds is 10. The number of benzene rings is 1. The number of nitrogens with one attached hydrogen (secondary N) is 2. The fourth-order valence-corrected chi connectivity index (χ4v) is 1.93. The molecule has 0 aliphatic rings. The summed E-state index contributed by atoms with van der Waals surface area (Å²) in [4.78, 5) is 11.6. The van der Waals surface area contributed by atoms with Crippen molar-refractivity contribution >= 4 is 5.91 Å². The van der Waals surface area contributed by atoms with Gasteiger partial charge < -0.3 is 24.9 Å². The molecule has 1 heterocycles. The predicted molar refractivity (Wildman–Crippen MR) is 86.0 cm³/mol. The average Bonchev–Trinajstić information content (AvgIpc) is 3.09. The summed E-state index contributed by atoms with van der Waals surface area (Å²) in [7, 11) is 0. The molecule has 2 aromatic rings. The monoisotopic (exact) mass is 318 g/mol. The van der Waals surface area contributed by atoms with E-state index >= 15 is 0 Å². The number of furan rings is 1. The maximum Gasteiger partial charge on any atom is 0.221 e. The summed E-state index contributed by atoms with van der Waals surface area (Å²) in [6.07, 6.45) is 1.29. The van der Waals surface area contributed by atoms with Crippen molar-refractivity contribution in [3.05, 3.63) is 54.5 Å². The van der Waals surface area contributed by atoms with Gasteiger partial charge in [0.25, 0.3) is 0 Å². The van der Waals surface area contributed by atoms with E-state index in [1.807, 2.05) is 36.4 Å². The molecule has 0 aliphatic carbocycles. The van der Waals surface area contributed by atoms with Gasteiger partial charge >= 0.3 is 0 Å². The Morgan fingerprint density at radius 1 is 1.22 bits per heavy atom. The molecule has 23 heavy (non-hydrogen) atoms. The Morgan fingerprint density at radius 3 is 2.78 bits per heavy atom. The fourth-order valence-electron chi connectivity index (χ4n) is 1.93. The molecule has 6 nitrogen and oxygen atoms in total. The molecule has 0 aliphatic heterocycles. The number of para-hydroxylation sites is 1. The number of aliphatic hydroxyl groups excluding tert-OH is 1. The van der Waals surface area contributed by atoms with Gasteiger partial charge in [-0.25, -0.2) is 0 Å². The maximum absolute atomic E-state index is 11.6. The lowest BCUT2D eigenvalue weighted by molar-refractivity contribution is -0.121. The van der Waals surface area contributed by atoms with E-state index < -0.39 is 6.10 Å². The zero-order valence-corrected chi connectivity index (χ0v) is 12.9. The van der Waals surface area contributed by atoms with Gasteiger partial charge in [0.1, 0.15) is 24.2 Å². The highest BCUT2D eigenvalue weighted by Crippen LogP contribution is 2.08. The third-order valence-electron chi connectivity index (χ3n) is 3.13.